The molecule has 2 nitrogen and oxygen atoms in total. The molecule has 0 bridgehead atoms. The monoisotopic (exact) mass is 492 g/mol. The Morgan fingerprint density at radius 2 is 0.919 bits per heavy atom. The van der Waals surface area contributed by atoms with Crippen LogP contribution in [0.5, 0.6) is 11.5 Å². The van der Waals surface area contributed by atoms with Crippen LogP contribution in [0.1, 0.15) is 76.3 Å². The number of phenols is 2. The van der Waals surface area contributed by atoms with E-state index in [-0.39, 0.29) is 5.41 Å². The molecule has 0 radical (unpaired) electrons. The van der Waals surface area contributed by atoms with E-state index in [0.29, 0.717) is 11.5 Å². The Morgan fingerprint density at radius 1 is 0.514 bits per heavy atom. The lowest BCUT2D eigenvalue weighted by Gasteiger charge is -2.37. The first kappa shape index (κ1) is 26.5. The van der Waals surface area contributed by atoms with Gasteiger partial charge in [-0.2, -0.15) is 0 Å². The summed E-state index contributed by atoms with van der Waals surface area (Å²) in [6.07, 6.45) is 9.02. The number of benzene rings is 4. The third-order valence-corrected chi connectivity index (χ3v) is 7.68. The predicted molar refractivity (Wildman–Crippen MR) is 156 cm³/mol. The average Bonchev–Trinajstić information content (AvgIpc) is 2.94. The lowest BCUT2D eigenvalue weighted by Crippen LogP contribution is -2.28. The molecule has 0 aromatic heterocycles. The molecule has 4 rings (SSSR count). The molecule has 0 amide bonds. The van der Waals surface area contributed by atoms with Gasteiger partial charge in [-0.15, -0.1) is 0 Å². The van der Waals surface area contributed by atoms with Crippen LogP contribution >= 0.6 is 0 Å². The fourth-order valence-electron chi connectivity index (χ4n) is 5.59. The minimum Gasteiger partial charge on any atom is -0.507 e. The highest BCUT2D eigenvalue weighted by atomic mass is 16.3. The molecular weight excluding hydrogens is 452 g/mol. The molecule has 0 unspecified atom stereocenters. The van der Waals surface area contributed by atoms with Crippen molar-refractivity contribution < 1.29 is 10.2 Å². The van der Waals surface area contributed by atoms with Crippen LogP contribution in [-0.2, 0) is 5.41 Å². The summed E-state index contributed by atoms with van der Waals surface area (Å²) in [6, 6.07) is 32.7. The van der Waals surface area contributed by atoms with Gasteiger partial charge in [0.15, 0.2) is 0 Å². The molecule has 2 N–H and O–H groups in total. The van der Waals surface area contributed by atoms with Crippen molar-refractivity contribution >= 4 is 0 Å². The largest absolute Gasteiger partial charge is 0.507 e. The minimum atomic E-state index is -0.210. The van der Waals surface area contributed by atoms with Gasteiger partial charge in [-0.25, -0.2) is 0 Å². The van der Waals surface area contributed by atoms with Crippen molar-refractivity contribution in [3.05, 3.63) is 108 Å². The van der Waals surface area contributed by atoms with E-state index >= 15 is 0 Å². The zero-order chi connectivity index (χ0) is 26.1. The third-order valence-electron chi connectivity index (χ3n) is 7.68. The second-order valence-corrected chi connectivity index (χ2v) is 10.2. The summed E-state index contributed by atoms with van der Waals surface area (Å²) >= 11 is 0. The van der Waals surface area contributed by atoms with E-state index in [1.807, 2.05) is 48.5 Å². The summed E-state index contributed by atoms with van der Waals surface area (Å²) in [4.78, 5) is 0. The molecule has 4 aromatic carbocycles. The number of rotatable bonds is 12. The number of unbranched alkanes of at least 4 members (excludes halogenated alkanes) is 4. The van der Waals surface area contributed by atoms with Gasteiger partial charge in [0.25, 0.3) is 0 Å². The Labute approximate surface area is 222 Å². The zero-order valence-electron chi connectivity index (χ0n) is 22.3. The SMILES string of the molecule is CCCCCC(CCCCC)(c1ccc(O)c(-c2ccccc2)c1)c1ccc(O)c(-c2ccccc2)c1. The van der Waals surface area contributed by atoms with Crippen molar-refractivity contribution in [2.24, 2.45) is 0 Å². The summed E-state index contributed by atoms with van der Waals surface area (Å²) in [5.74, 6) is 0.614. The van der Waals surface area contributed by atoms with Gasteiger partial charge in [-0.3, -0.25) is 0 Å². The molecule has 2 heteroatoms. The molecule has 192 valence electrons. The van der Waals surface area contributed by atoms with Crippen molar-refractivity contribution in [2.45, 2.75) is 70.6 Å². The van der Waals surface area contributed by atoms with E-state index in [9.17, 15) is 10.2 Å². The highest BCUT2D eigenvalue weighted by Gasteiger charge is 2.34. The van der Waals surface area contributed by atoms with Crippen LogP contribution in [0.4, 0.5) is 0 Å². The van der Waals surface area contributed by atoms with E-state index < -0.39 is 0 Å². The number of hydrogen-bond donors (Lipinski definition) is 2. The summed E-state index contributed by atoms with van der Waals surface area (Å²) in [5.41, 5.74) is 6.05. The maximum atomic E-state index is 10.8. The quantitative estimate of drug-likeness (QED) is 0.193. The van der Waals surface area contributed by atoms with Gasteiger partial charge in [-0.05, 0) is 59.4 Å². The number of hydrogen-bond acceptors (Lipinski definition) is 2. The van der Waals surface area contributed by atoms with Crippen molar-refractivity contribution in [1.82, 2.24) is 0 Å². The maximum absolute atomic E-state index is 10.8. The first-order valence-electron chi connectivity index (χ1n) is 13.9. The molecule has 37 heavy (non-hydrogen) atoms. The average molecular weight is 493 g/mol. The summed E-state index contributed by atoms with van der Waals surface area (Å²) in [6.45, 7) is 4.50. The molecule has 0 aliphatic carbocycles. The van der Waals surface area contributed by atoms with Crippen molar-refractivity contribution in [3.8, 4) is 33.8 Å². The normalized spacial score (nSPS) is 11.5. The van der Waals surface area contributed by atoms with E-state index in [1.165, 1.54) is 36.8 Å². The summed E-state index contributed by atoms with van der Waals surface area (Å²) < 4.78 is 0. The molecule has 0 saturated heterocycles. The van der Waals surface area contributed by atoms with Crippen LogP contribution in [-0.4, -0.2) is 10.2 Å². The second-order valence-electron chi connectivity index (χ2n) is 10.2. The Hall–Kier alpha value is -3.52. The zero-order valence-corrected chi connectivity index (χ0v) is 22.3. The first-order chi connectivity index (χ1) is 18.1. The van der Waals surface area contributed by atoms with Gasteiger partial charge in [-0.1, -0.05) is 125 Å². The molecule has 0 heterocycles. The highest BCUT2D eigenvalue weighted by Crippen LogP contribution is 2.46. The molecule has 0 fully saturated rings. The standard InChI is InChI=1S/C35H40O2/c1-3-5-13-23-35(24-14-6-4-2,29-19-21-33(36)31(25-29)27-15-9-7-10-16-27)30-20-22-34(37)32(26-30)28-17-11-8-12-18-28/h7-12,15-22,25-26,36-37H,3-6,13-14,23-24H2,1-2H3. The molecule has 0 atom stereocenters. The van der Waals surface area contributed by atoms with Crippen LogP contribution < -0.4 is 0 Å². The van der Waals surface area contributed by atoms with Crippen LogP contribution in [0.25, 0.3) is 22.3 Å². The van der Waals surface area contributed by atoms with Crippen molar-refractivity contribution in [1.29, 1.82) is 0 Å². The first-order valence-corrected chi connectivity index (χ1v) is 13.9. The van der Waals surface area contributed by atoms with E-state index in [4.69, 9.17) is 0 Å². The van der Waals surface area contributed by atoms with Gasteiger partial charge in [0.2, 0.25) is 0 Å². The number of aromatic hydroxyl groups is 2. The third kappa shape index (κ3) is 6.07. The summed E-state index contributed by atoms with van der Waals surface area (Å²) in [7, 11) is 0. The highest BCUT2D eigenvalue weighted by molar-refractivity contribution is 5.73. The second kappa shape index (κ2) is 12.6. The lowest BCUT2D eigenvalue weighted by atomic mass is 9.67. The van der Waals surface area contributed by atoms with Crippen LogP contribution in [0.15, 0.2) is 97.1 Å². The van der Waals surface area contributed by atoms with Gasteiger partial charge in [0, 0.05) is 16.5 Å². The van der Waals surface area contributed by atoms with Gasteiger partial charge in [0.05, 0.1) is 0 Å². The lowest BCUT2D eigenvalue weighted by molar-refractivity contribution is 0.395. The maximum Gasteiger partial charge on any atom is 0.123 e. The van der Waals surface area contributed by atoms with Gasteiger partial charge in [0.1, 0.15) is 11.5 Å². The topological polar surface area (TPSA) is 40.5 Å². The van der Waals surface area contributed by atoms with Crippen LogP contribution in [0.3, 0.4) is 0 Å². The molecule has 0 aliphatic rings. The molecule has 0 aliphatic heterocycles. The van der Waals surface area contributed by atoms with Gasteiger partial charge < -0.3 is 10.2 Å². The Bertz CT molecular complexity index is 1160. The fourth-order valence-corrected chi connectivity index (χ4v) is 5.59. The van der Waals surface area contributed by atoms with Crippen molar-refractivity contribution in [3.63, 3.8) is 0 Å². The molecule has 0 saturated carbocycles. The summed E-state index contributed by atoms with van der Waals surface area (Å²) in [5, 5.41) is 21.7. The van der Waals surface area contributed by atoms with E-state index in [1.54, 1.807) is 0 Å². The van der Waals surface area contributed by atoms with Crippen LogP contribution in [0, 0.1) is 0 Å². The Balaban J connectivity index is 1.91. The predicted octanol–water partition coefficient (Wildman–Crippen LogP) is 9.88. The van der Waals surface area contributed by atoms with E-state index in [0.717, 1.165) is 47.9 Å². The molecular formula is C35H40O2. The number of phenolic OH excluding ortho intramolecular Hbond substituents is 2. The fraction of sp³-hybridized carbons (Fsp3) is 0.314. The Kier molecular flexibility index (Phi) is 9.06. The Morgan fingerprint density at radius 3 is 1.30 bits per heavy atom. The molecule has 0 spiro atoms. The smallest absolute Gasteiger partial charge is 0.123 e. The van der Waals surface area contributed by atoms with Gasteiger partial charge >= 0.3 is 0 Å². The van der Waals surface area contributed by atoms with E-state index in [2.05, 4.69) is 62.4 Å². The van der Waals surface area contributed by atoms with Crippen LogP contribution in [0.2, 0.25) is 0 Å². The van der Waals surface area contributed by atoms with Crippen molar-refractivity contribution in [2.75, 3.05) is 0 Å². The minimum absolute atomic E-state index is 0.210. The molecule has 4 aromatic rings.